The number of aldehydes is 2. The molecule has 0 aliphatic heterocycles. The number of fused-ring (bicyclic) bond motifs is 2. The zero-order valence-electron chi connectivity index (χ0n) is 13.7. The second-order valence-corrected chi connectivity index (χ2v) is 6.61. The summed E-state index contributed by atoms with van der Waals surface area (Å²) in [6.07, 6.45) is 1.67. The zero-order valence-corrected chi connectivity index (χ0v) is 13.7. The van der Waals surface area contributed by atoms with Crippen LogP contribution in [0.3, 0.4) is 0 Å². The number of carbonyl (C=O) groups is 2. The predicted molar refractivity (Wildman–Crippen MR) is 103 cm³/mol. The number of benzene rings is 5. The molecule has 0 aliphatic rings. The summed E-state index contributed by atoms with van der Waals surface area (Å²) in [6.45, 7) is 2.09. The summed E-state index contributed by atoms with van der Waals surface area (Å²) in [6, 6.07) is 18.4. The van der Waals surface area contributed by atoms with Crippen LogP contribution in [0.2, 0.25) is 0 Å². The van der Waals surface area contributed by atoms with Crippen LogP contribution in [-0.4, -0.2) is 12.6 Å². The average Bonchev–Trinajstić information content (AvgIpc) is 2.64. The SMILES string of the molecule is Cc1cc2cccc3c4ccc(C=O)c5c(C=O)ccc(c(c1)c23)c54. The summed E-state index contributed by atoms with van der Waals surface area (Å²) in [7, 11) is 0. The topological polar surface area (TPSA) is 34.1 Å². The molecule has 0 radical (unpaired) electrons. The summed E-state index contributed by atoms with van der Waals surface area (Å²) in [5.74, 6) is 0. The molecule has 118 valence electrons. The van der Waals surface area contributed by atoms with Crippen molar-refractivity contribution in [2.75, 3.05) is 0 Å². The normalized spacial score (nSPS) is 11.7. The van der Waals surface area contributed by atoms with Crippen LogP contribution in [0, 0.1) is 6.92 Å². The molecule has 0 heterocycles. The Labute approximate surface area is 144 Å². The number of hydrogen-bond acceptors (Lipinski definition) is 2. The molecule has 2 nitrogen and oxygen atoms in total. The summed E-state index contributed by atoms with van der Waals surface area (Å²) >= 11 is 0. The maximum absolute atomic E-state index is 11.6. The third kappa shape index (κ3) is 1.74. The maximum Gasteiger partial charge on any atom is 0.150 e. The van der Waals surface area contributed by atoms with Gasteiger partial charge in [-0.15, -0.1) is 0 Å². The lowest BCUT2D eigenvalue weighted by Crippen LogP contribution is -1.94. The molecule has 0 saturated carbocycles. The van der Waals surface area contributed by atoms with Crippen molar-refractivity contribution in [3.63, 3.8) is 0 Å². The van der Waals surface area contributed by atoms with E-state index < -0.39 is 0 Å². The Morgan fingerprint density at radius 1 is 0.640 bits per heavy atom. The third-order valence-corrected chi connectivity index (χ3v) is 5.18. The van der Waals surface area contributed by atoms with Gasteiger partial charge >= 0.3 is 0 Å². The first-order valence-corrected chi connectivity index (χ1v) is 8.27. The van der Waals surface area contributed by atoms with E-state index in [-0.39, 0.29) is 0 Å². The molecule has 0 amide bonds. The van der Waals surface area contributed by atoms with Gasteiger partial charge < -0.3 is 0 Å². The van der Waals surface area contributed by atoms with E-state index in [4.69, 9.17) is 0 Å². The Bertz CT molecular complexity index is 1310. The van der Waals surface area contributed by atoms with Gasteiger partial charge in [0.25, 0.3) is 0 Å². The number of rotatable bonds is 2. The minimum atomic E-state index is 0.561. The van der Waals surface area contributed by atoms with E-state index >= 15 is 0 Å². The highest BCUT2D eigenvalue weighted by Crippen LogP contribution is 2.42. The molecular formula is C23H14O2. The number of carbonyl (C=O) groups excluding carboxylic acids is 2. The minimum Gasteiger partial charge on any atom is -0.298 e. The first-order chi connectivity index (χ1) is 12.2. The van der Waals surface area contributed by atoms with Crippen LogP contribution in [0.4, 0.5) is 0 Å². The van der Waals surface area contributed by atoms with Gasteiger partial charge in [-0.25, -0.2) is 0 Å². The van der Waals surface area contributed by atoms with Crippen molar-refractivity contribution in [3.05, 3.63) is 71.3 Å². The minimum absolute atomic E-state index is 0.561. The summed E-state index contributed by atoms with van der Waals surface area (Å²) in [5.41, 5.74) is 2.32. The largest absolute Gasteiger partial charge is 0.298 e. The van der Waals surface area contributed by atoms with Crippen molar-refractivity contribution < 1.29 is 9.59 Å². The van der Waals surface area contributed by atoms with Crippen LogP contribution in [0.15, 0.2) is 54.6 Å². The van der Waals surface area contributed by atoms with Crippen LogP contribution in [0.25, 0.3) is 43.1 Å². The summed E-state index contributed by atoms with van der Waals surface area (Å²) in [4.78, 5) is 23.2. The van der Waals surface area contributed by atoms with Crippen molar-refractivity contribution in [1.82, 2.24) is 0 Å². The quantitative estimate of drug-likeness (QED) is 0.238. The highest BCUT2D eigenvalue weighted by atomic mass is 16.1. The van der Waals surface area contributed by atoms with Gasteiger partial charge in [0.1, 0.15) is 0 Å². The van der Waals surface area contributed by atoms with Crippen LogP contribution in [0.5, 0.6) is 0 Å². The van der Waals surface area contributed by atoms with Gasteiger partial charge in [-0.05, 0) is 50.2 Å². The fourth-order valence-corrected chi connectivity index (χ4v) is 4.21. The molecule has 0 aliphatic carbocycles. The lowest BCUT2D eigenvalue weighted by Gasteiger charge is -2.16. The molecule has 0 fully saturated rings. The van der Waals surface area contributed by atoms with E-state index in [1.807, 2.05) is 24.3 Å². The highest BCUT2D eigenvalue weighted by Gasteiger charge is 2.16. The molecule has 0 N–H and O–H groups in total. The van der Waals surface area contributed by atoms with E-state index in [0.717, 1.165) is 39.5 Å². The fraction of sp³-hybridized carbons (Fsp3) is 0.0435. The Balaban J connectivity index is 2.24. The van der Waals surface area contributed by atoms with Gasteiger partial charge in [-0.3, -0.25) is 9.59 Å². The van der Waals surface area contributed by atoms with E-state index in [2.05, 4.69) is 37.3 Å². The molecule has 5 aromatic carbocycles. The third-order valence-electron chi connectivity index (χ3n) is 5.18. The van der Waals surface area contributed by atoms with Gasteiger partial charge in [0, 0.05) is 16.5 Å². The lowest BCUT2D eigenvalue weighted by molar-refractivity contribution is 0.112. The van der Waals surface area contributed by atoms with Gasteiger partial charge in [-0.2, -0.15) is 0 Å². The van der Waals surface area contributed by atoms with Crippen LogP contribution in [-0.2, 0) is 0 Å². The standard InChI is InChI=1S/C23H14O2/c1-13-9-14-3-2-4-17-18-7-5-15(11-24)21-16(12-25)6-8-19(23(18)21)20(10-13)22(14)17/h2-12H,1H3. The van der Waals surface area contributed by atoms with E-state index in [9.17, 15) is 9.59 Å². The first-order valence-electron chi connectivity index (χ1n) is 8.27. The van der Waals surface area contributed by atoms with Gasteiger partial charge in [-0.1, -0.05) is 54.6 Å². The molecule has 25 heavy (non-hydrogen) atoms. The molecular weight excluding hydrogens is 308 g/mol. The molecule has 0 atom stereocenters. The molecule has 0 saturated heterocycles. The Hall–Kier alpha value is -3.26. The monoisotopic (exact) mass is 322 g/mol. The second kappa shape index (κ2) is 4.87. The van der Waals surface area contributed by atoms with Crippen molar-refractivity contribution >= 4 is 55.7 Å². The summed E-state index contributed by atoms with van der Waals surface area (Å²) < 4.78 is 0. The van der Waals surface area contributed by atoms with E-state index in [0.29, 0.717) is 11.1 Å². The molecule has 5 rings (SSSR count). The maximum atomic E-state index is 11.6. The van der Waals surface area contributed by atoms with Crippen LogP contribution < -0.4 is 0 Å². The van der Waals surface area contributed by atoms with Gasteiger partial charge in [0.05, 0.1) is 0 Å². The van der Waals surface area contributed by atoms with Crippen molar-refractivity contribution in [1.29, 1.82) is 0 Å². The molecule has 0 aromatic heterocycles. The van der Waals surface area contributed by atoms with Crippen molar-refractivity contribution in [2.45, 2.75) is 6.92 Å². The first kappa shape index (κ1) is 14.1. The Morgan fingerprint density at radius 2 is 1.28 bits per heavy atom. The Kier molecular flexibility index (Phi) is 2.75. The molecule has 0 bridgehead atoms. The fourth-order valence-electron chi connectivity index (χ4n) is 4.21. The van der Waals surface area contributed by atoms with E-state index in [1.165, 1.54) is 21.7 Å². The summed E-state index contributed by atoms with van der Waals surface area (Å²) in [5, 5.41) is 8.70. The van der Waals surface area contributed by atoms with Crippen LogP contribution in [0.1, 0.15) is 26.3 Å². The second-order valence-electron chi connectivity index (χ2n) is 6.61. The Morgan fingerprint density at radius 3 is 1.96 bits per heavy atom. The zero-order chi connectivity index (χ0) is 17.1. The van der Waals surface area contributed by atoms with E-state index in [1.54, 1.807) is 0 Å². The average molecular weight is 322 g/mol. The van der Waals surface area contributed by atoms with Gasteiger partial charge in [0.15, 0.2) is 12.6 Å². The van der Waals surface area contributed by atoms with Crippen LogP contribution >= 0.6 is 0 Å². The van der Waals surface area contributed by atoms with Crippen molar-refractivity contribution in [2.24, 2.45) is 0 Å². The highest BCUT2D eigenvalue weighted by molar-refractivity contribution is 6.35. The molecule has 0 spiro atoms. The van der Waals surface area contributed by atoms with Gasteiger partial charge in [0.2, 0.25) is 0 Å². The molecule has 2 heteroatoms. The predicted octanol–water partition coefficient (Wildman–Crippen LogP) is 5.67. The smallest absolute Gasteiger partial charge is 0.150 e. The molecule has 5 aromatic rings. The number of aryl methyl sites for hydroxylation is 1. The number of hydrogen-bond donors (Lipinski definition) is 0. The van der Waals surface area contributed by atoms with Crippen molar-refractivity contribution in [3.8, 4) is 0 Å². The lowest BCUT2D eigenvalue weighted by atomic mass is 9.86. The molecule has 0 unspecified atom stereocenters.